The topological polar surface area (TPSA) is 64.1 Å². The molecule has 0 unspecified atom stereocenters. The van der Waals surface area contributed by atoms with Crippen LogP contribution in [0, 0.1) is 6.92 Å². The third-order valence-corrected chi connectivity index (χ3v) is 4.54. The molecule has 5 nitrogen and oxygen atoms in total. The van der Waals surface area contributed by atoms with Crippen LogP contribution in [0.2, 0.25) is 0 Å². The minimum atomic E-state index is -0.120. The van der Waals surface area contributed by atoms with Crippen LogP contribution in [0.4, 0.5) is 0 Å². The van der Waals surface area contributed by atoms with Crippen LogP contribution in [0.25, 0.3) is 11.4 Å². The molecular weight excluding hydrogens is 374 g/mol. The second kappa shape index (κ2) is 9.01. The summed E-state index contributed by atoms with van der Waals surface area (Å²) in [5.41, 5.74) is 3.64. The van der Waals surface area contributed by atoms with E-state index in [-0.39, 0.29) is 5.91 Å². The number of ether oxygens (including phenoxy) is 1. The van der Waals surface area contributed by atoms with E-state index in [0.29, 0.717) is 29.6 Å². The molecule has 4 aromatic rings. The number of rotatable bonds is 6. The minimum absolute atomic E-state index is 0.120. The summed E-state index contributed by atoms with van der Waals surface area (Å²) in [6.45, 7) is 2.52. The van der Waals surface area contributed by atoms with Gasteiger partial charge >= 0.3 is 0 Å². The number of nitrogens with zero attached hydrogens (tertiary/aromatic N) is 2. The van der Waals surface area contributed by atoms with E-state index in [9.17, 15) is 4.79 Å². The molecule has 30 heavy (non-hydrogen) atoms. The Morgan fingerprint density at radius 3 is 2.50 bits per heavy atom. The van der Waals surface area contributed by atoms with Gasteiger partial charge in [0.15, 0.2) is 5.82 Å². The van der Waals surface area contributed by atoms with Crippen molar-refractivity contribution < 1.29 is 9.53 Å². The van der Waals surface area contributed by atoms with Crippen molar-refractivity contribution in [2.24, 2.45) is 0 Å². The zero-order valence-electron chi connectivity index (χ0n) is 16.6. The van der Waals surface area contributed by atoms with E-state index in [1.807, 2.05) is 67.6 Å². The molecule has 4 rings (SSSR count). The zero-order chi connectivity index (χ0) is 20.8. The van der Waals surface area contributed by atoms with Gasteiger partial charge in [0.2, 0.25) is 5.88 Å². The van der Waals surface area contributed by atoms with Gasteiger partial charge < -0.3 is 10.1 Å². The maximum absolute atomic E-state index is 12.4. The summed E-state index contributed by atoms with van der Waals surface area (Å²) in [7, 11) is 0. The smallest absolute Gasteiger partial charge is 0.251 e. The van der Waals surface area contributed by atoms with Crippen molar-refractivity contribution in [3.05, 3.63) is 108 Å². The maximum atomic E-state index is 12.4. The number of aromatic nitrogens is 2. The molecule has 0 saturated heterocycles. The number of para-hydroxylation sites is 1. The Hall–Kier alpha value is -3.99. The van der Waals surface area contributed by atoms with Gasteiger partial charge in [-0.15, -0.1) is 0 Å². The third kappa shape index (κ3) is 4.89. The number of aryl methyl sites for hydroxylation is 1. The predicted molar refractivity (Wildman–Crippen MR) is 116 cm³/mol. The first-order chi connectivity index (χ1) is 14.7. The molecule has 0 atom stereocenters. The molecule has 3 aromatic carbocycles. The lowest BCUT2D eigenvalue weighted by molar-refractivity contribution is 0.0951. The number of carbonyl (C=O) groups excluding carboxylic acids is 1. The lowest BCUT2D eigenvalue weighted by atomic mass is 10.1. The SMILES string of the molecule is Cc1cccc(CNC(=O)c2ccc(-c3nccc(Oc4ccccc4)n3)cc2)c1. The molecule has 0 aliphatic rings. The van der Waals surface area contributed by atoms with Crippen molar-refractivity contribution in [1.29, 1.82) is 0 Å². The highest BCUT2D eigenvalue weighted by Gasteiger charge is 2.08. The van der Waals surface area contributed by atoms with Gasteiger partial charge in [-0.1, -0.05) is 60.2 Å². The molecule has 0 aliphatic heterocycles. The number of amides is 1. The van der Waals surface area contributed by atoms with Crippen LogP contribution in [0.1, 0.15) is 21.5 Å². The monoisotopic (exact) mass is 395 g/mol. The number of carbonyl (C=O) groups is 1. The summed E-state index contributed by atoms with van der Waals surface area (Å²) in [4.78, 5) is 21.2. The fraction of sp³-hybridized carbons (Fsp3) is 0.0800. The van der Waals surface area contributed by atoms with Crippen molar-refractivity contribution in [3.8, 4) is 23.0 Å². The Bertz CT molecular complexity index is 1140. The van der Waals surface area contributed by atoms with E-state index in [1.54, 1.807) is 24.4 Å². The maximum Gasteiger partial charge on any atom is 0.251 e. The van der Waals surface area contributed by atoms with Crippen LogP contribution in [-0.4, -0.2) is 15.9 Å². The molecule has 0 aliphatic carbocycles. The van der Waals surface area contributed by atoms with Crippen LogP contribution in [0.15, 0.2) is 91.1 Å². The molecule has 5 heteroatoms. The van der Waals surface area contributed by atoms with E-state index < -0.39 is 0 Å². The van der Waals surface area contributed by atoms with Gasteiger partial charge in [-0.05, 0) is 36.8 Å². The highest BCUT2D eigenvalue weighted by molar-refractivity contribution is 5.94. The molecule has 1 aromatic heterocycles. The van der Waals surface area contributed by atoms with Gasteiger partial charge in [0.25, 0.3) is 5.91 Å². The molecule has 0 spiro atoms. The molecule has 0 bridgehead atoms. The lowest BCUT2D eigenvalue weighted by Gasteiger charge is -2.08. The summed E-state index contributed by atoms with van der Waals surface area (Å²) in [6.07, 6.45) is 1.66. The molecule has 1 N–H and O–H groups in total. The number of benzene rings is 3. The van der Waals surface area contributed by atoms with Crippen molar-refractivity contribution in [1.82, 2.24) is 15.3 Å². The van der Waals surface area contributed by atoms with Gasteiger partial charge in [-0.2, -0.15) is 4.98 Å². The van der Waals surface area contributed by atoms with Crippen LogP contribution in [-0.2, 0) is 6.54 Å². The van der Waals surface area contributed by atoms with Gasteiger partial charge in [0.1, 0.15) is 5.75 Å². The zero-order valence-corrected chi connectivity index (χ0v) is 16.6. The van der Waals surface area contributed by atoms with E-state index in [0.717, 1.165) is 11.1 Å². The minimum Gasteiger partial charge on any atom is -0.439 e. The van der Waals surface area contributed by atoms with Crippen molar-refractivity contribution in [2.45, 2.75) is 13.5 Å². The van der Waals surface area contributed by atoms with Gasteiger partial charge in [-0.25, -0.2) is 4.98 Å². The summed E-state index contributed by atoms with van der Waals surface area (Å²) in [5.74, 6) is 1.59. The molecule has 0 saturated carbocycles. The highest BCUT2D eigenvalue weighted by atomic mass is 16.5. The van der Waals surface area contributed by atoms with Gasteiger partial charge in [0, 0.05) is 29.9 Å². The van der Waals surface area contributed by atoms with Crippen LogP contribution in [0.5, 0.6) is 11.6 Å². The Kier molecular flexibility index (Phi) is 5.80. The third-order valence-electron chi connectivity index (χ3n) is 4.54. The Morgan fingerprint density at radius 1 is 0.933 bits per heavy atom. The first-order valence-corrected chi connectivity index (χ1v) is 9.67. The predicted octanol–water partition coefficient (Wildman–Crippen LogP) is 5.17. The normalized spacial score (nSPS) is 10.4. The van der Waals surface area contributed by atoms with Crippen LogP contribution >= 0.6 is 0 Å². The van der Waals surface area contributed by atoms with E-state index in [2.05, 4.69) is 21.4 Å². The number of hydrogen-bond acceptors (Lipinski definition) is 4. The van der Waals surface area contributed by atoms with Crippen LogP contribution in [0.3, 0.4) is 0 Å². The number of hydrogen-bond donors (Lipinski definition) is 1. The average molecular weight is 395 g/mol. The highest BCUT2D eigenvalue weighted by Crippen LogP contribution is 2.22. The lowest BCUT2D eigenvalue weighted by Crippen LogP contribution is -2.22. The molecule has 1 amide bonds. The largest absolute Gasteiger partial charge is 0.439 e. The molecule has 1 heterocycles. The summed E-state index contributed by atoms with van der Waals surface area (Å²) in [5, 5.41) is 2.95. The fourth-order valence-corrected chi connectivity index (χ4v) is 3.02. The first kappa shape index (κ1) is 19.3. The van der Waals surface area contributed by atoms with Crippen molar-refractivity contribution in [3.63, 3.8) is 0 Å². The van der Waals surface area contributed by atoms with Crippen molar-refractivity contribution >= 4 is 5.91 Å². The summed E-state index contributed by atoms with van der Waals surface area (Å²) >= 11 is 0. The molecule has 148 valence electrons. The Labute approximate surface area is 175 Å². The van der Waals surface area contributed by atoms with E-state index in [4.69, 9.17) is 4.74 Å². The quantitative estimate of drug-likeness (QED) is 0.489. The standard InChI is InChI=1S/C25H21N3O2/c1-18-6-5-7-19(16-18)17-27-25(29)21-12-10-20(11-13-21)24-26-15-14-23(28-24)30-22-8-3-2-4-9-22/h2-16H,17H2,1H3,(H,27,29). The van der Waals surface area contributed by atoms with Crippen molar-refractivity contribution in [2.75, 3.05) is 0 Å². The first-order valence-electron chi connectivity index (χ1n) is 9.67. The molecule has 0 radical (unpaired) electrons. The molecular formula is C25H21N3O2. The summed E-state index contributed by atoms with van der Waals surface area (Å²) < 4.78 is 5.77. The van der Waals surface area contributed by atoms with Gasteiger partial charge in [0.05, 0.1) is 0 Å². The van der Waals surface area contributed by atoms with Gasteiger partial charge in [-0.3, -0.25) is 4.79 Å². The Morgan fingerprint density at radius 2 is 1.73 bits per heavy atom. The number of nitrogens with one attached hydrogen (secondary N) is 1. The Balaban J connectivity index is 1.43. The average Bonchev–Trinajstić information content (AvgIpc) is 2.78. The van der Waals surface area contributed by atoms with E-state index >= 15 is 0 Å². The van der Waals surface area contributed by atoms with E-state index in [1.165, 1.54) is 5.56 Å². The second-order valence-electron chi connectivity index (χ2n) is 6.88. The summed E-state index contributed by atoms with van der Waals surface area (Å²) in [6, 6.07) is 26.5. The second-order valence-corrected chi connectivity index (χ2v) is 6.88. The molecule has 0 fully saturated rings. The van der Waals surface area contributed by atoms with Crippen LogP contribution < -0.4 is 10.1 Å². The fourth-order valence-electron chi connectivity index (χ4n) is 3.02.